The van der Waals surface area contributed by atoms with Crippen molar-refractivity contribution in [1.29, 1.82) is 0 Å². The number of para-hydroxylation sites is 1. The van der Waals surface area contributed by atoms with E-state index in [2.05, 4.69) is 17.4 Å². The highest BCUT2D eigenvalue weighted by atomic mass is 16.5. The standard InChI is InChI=1S/C21H29NO3/c1-24-16-8-6-7-15(13-16)20(23)22-18-14-21(11-4-5-12-21)25-19-10-3-2-9-17(18)19/h2-3,9-10,15-16,18H,4-8,11-14H2,1H3,(H,22,23)/t15-,16+,18-/m0/s1. The summed E-state index contributed by atoms with van der Waals surface area (Å²) in [6.45, 7) is 0. The highest BCUT2D eigenvalue weighted by Gasteiger charge is 2.43. The lowest BCUT2D eigenvalue weighted by molar-refractivity contribution is -0.129. The fourth-order valence-corrected chi connectivity index (χ4v) is 4.96. The Morgan fingerprint density at radius 3 is 2.80 bits per heavy atom. The first-order valence-electron chi connectivity index (χ1n) is 9.80. The van der Waals surface area contributed by atoms with Crippen molar-refractivity contribution in [1.82, 2.24) is 5.32 Å². The maximum Gasteiger partial charge on any atom is 0.223 e. The van der Waals surface area contributed by atoms with Crippen LogP contribution in [0.15, 0.2) is 24.3 Å². The molecule has 3 atom stereocenters. The van der Waals surface area contributed by atoms with Gasteiger partial charge >= 0.3 is 0 Å². The summed E-state index contributed by atoms with van der Waals surface area (Å²) >= 11 is 0. The maximum atomic E-state index is 12.9. The third kappa shape index (κ3) is 3.41. The van der Waals surface area contributed by atoms with Crippen LogP contribution >= 0.6 is 0 Å². The number of nitrogens with one attached hydrogen (secondary N) is 1. The molecule has 3 aliphatic rings. The van der Waals surface area contributed by atoms with E-state index < -0.39 is 0 Å². The van der Waals surface area contributed by atoms with Gasteiger partial charge in [0.1, 0.15) is 11.4 Å². The minimum Gasteiger partial charge on any atom is -0.487 e. The summed E-state index contributed by atoms with van der Waals surface area (Å²) < 4.78 is 11.9. The van der Waals surface area contributed by atoms with Gasteiger partial charge < -0.3 is 14.8 Å². The smallest absolute Gasteiger partial charge is 0.223 e. The van der Waals surface area contributed by atoms with E-state index in [1.54, 1.807) is 7.11 Å². The highest BCUT2D eigenvalue weighted by molar-refractivity contribution is 5.79. The second-order valence-corrected chi connectivity index (χ2v) is 8.02. The number of methoxy groups -OCH3 is 1. The molecule has 2 fully saturated rings. The minimum atomic E-state index is -0.0755. The number of rotatable bonds is 3. The molecule has 1 heterocycles. The zero-order valence-corrected chi connectivity index (χ0v) is 15.1. The highest BCUT2D eigenvalue weighted by Crippen LogP contribution is 2.47. The normalized spacial score (nSPS) is 30.5. The predicted octanol–water partition coefficient (Wildman–Crippen LogP) is 4.14. The van der Waals surface area contributed by atoms with Crippen molar-refractivity contribution in [2.75, 3.05) is 7.11 Å². The predicted molar refractivity (Wildman–Crippen MR) is 96.5 cm³/mol. The molecule has 0 radical (unpaired) electrons. The largest absolute Gasteiger partial charge is 0.487 e. The topological polar surface area (TPSA) is 47.6 Å². The lowest BCUT2D eigenvalue weighted by atomic mass is 9.84. The Morgan fingerprint density at radius 2 is 2.00 bits per heavy atom. The molecule has 1 aromatic rings. The number of hydrogen-bond donors (Lipinski definition) is 1. The molecule has 4 nitrogen and oxygen atoms in total. The summed E-state index contributed by atoms with van der Waals surface area (Å²) in [6.07, 6.45) is 9.74. The average molecular weight is 343 g/mol. The number of hydrogen-bond acceptors (Lipinski definition) is 3. The van der Waals surface area contributed by atoms with Gasteiger partial charge in [-0.3, -0.25) is 4.79 Å². The monoisotopic (exact) mass is 343 g/mol. The van der Waals surface area contributed by atoms with Gasteiger partial charge in [0.25, 0.3) is 0 Å². The number of benzene rings is 1. The van der Waals surface area contributed by atoms with E-state index in [0.717, 1.165) is 56.3 Å². The van der Waals surface area contributed by atoms with Gasteiger partial charge in [0.15, 0.2) is 0 Å². The van der Waals surface area contributed by atoms with Crippen LogP contribution in [0.1, 0.15) is 69.4 Å². The first-order valence-corrected chi connectivity index (χ1v) is 9.80. The van der Waals surface area contributed by atoms with Gasteiger partial charge in [-0.1, -0.05) is 24.6 Å². The molecular weight excluding hydrogens is 314 g/mol. The van der Waals surface area contributed by atoms with E-state index in [4.69, 9.17) is 9.47 Å². The number of amides is 1. The third-order valence-electron chi connectivity index (χ3n) is 6.36. The summed E-state index contributed by atoms with van der Waals surface area (Å²) in [4.78, 5) is 12.9. The molecule has 0 aromatic heterocycles. The number of fused-ring (bicyclic) bond motifs is 1. The summed E-state index contributed by atoms with van der Waals surface area (Å²) in [7, 11) is 1.75. The molecule has 2 saturated carbocycles. The van der Waals surface area contributed by atoms with Crippen LogP contribution < -0.4 is 10.1 Å². The van der Waals surface area contributed by atoms with Crippen LogP contribution in [0.5, 0.6) is 5.75 Å². The Labute approximate surface area is 150 Å². The molecule has 4 rings (SSSR count). The van der Waals surface area contributed by atoms with Gasteiger partial charge in [-0.2, -0.15) is 0 Å². The quantitative estimate of drug-likeness (QED) is 0.897. The van der Waals surface area contributed by atoms with Gasteiger partial charge in [0, 0.05) is 25.0 Å². The van der Waals surface area contributed by atoms with Crippen LogP contribution in [0.4, 0.5) is 0 Å². The van der Waals surface area contributed by atoms with Crippen LogP contribution in [0.2, 0.25) is 0 Å². The van der Waals surface area contributed by atoms with E-state index in [9.17, 15) is 4.79 Å². The van der Waals surface area contributed by atoms with E-state index in [1.807, 2.05) is 12.1 Å². The molecule has 25 heavy (non-hydrogen) atoms. The average Bonchev–Trinajstić information content (AvgIpc) is 3.09. The molecule has 4 heteroatoms. The third-order valence-corrected chi connectivity index (χ3v) is 6.36. The van der Waals surface area contributed by atoms with Crippen molar-refractivity contribution in [2.24, 2.45) is 5.92 Å². The molecule has 136 valence electrons. The summed E-state index contributed by atoms with van der Waals surface area (Å²) in [5.74, 6) is 1.23. The van der Waals surface area contributed by atoms with Crippen molar-refractivity contribution >= 4 is 5.91 Å². The van der Waals surface area contributed by atoms with E-state index >= 15 is 0 Å². The Bertz CT molecular complexity index is 623. The number of ether oxygens (including phenoxy) is 2. The van der Waals surface area contributed by atoms with Crippen LogP contribution in [0.3, 0.4) is 0 Å². The van der Waals surface area contributed by atoms with E-state index in [0.29, 0.717) is 0 Å². The zero-order valence-electron chi connectivity index (χ0n) is 15.1. The van der Waals surface area contributed by atoms with Crippen molar-refractivity contribution in [3.63, 3.8) is 0 Å². The van der Waals surface area contributed by atoms with Gasteiger partial charge in [-0.25, -0.2) is 0 Å². The lowest BCUT2D eigenvalue weighted by Crippen LogP contribution is -2.45. The summed E-state index contributed by atoms with van der Waals surface area (Å²) in [5.41, 5.74) is 1.06. The van der Waals surface area contributed by atoms with Gasteiger partial charge in [0.05, 0.1) is 12.1 Å². The molecule has 1 aliphatic heterocycles. The molecule has 0 unspecified atom stereocenters. The zero-order chi connectivity index (χ0) is 17.3. The van der Waals surface area contributed by atoms with Gasteiger partial charge in [-0.05, 0) is 51.0 Å². The fourth-order valence-electron chi connectivity index (χ4n) is 4.96. The molecule has 1 N–H and O–H groups in total. The first kappa shape index (κ1) is 16.9. The van der Waals surface area contributed by atoms with Crippen molar-refractivity contribution < 1.29 is 14.3 Å². The van der Waals surface area contributed by atoms with Gasteiger partial charge in [-0.15, -0.1) is 0 Å². The molecule has 1 spiro atoms. The van der Waals surface area contributed by atoms with Gasteiger partial charge in [0.2, 0.25) is 5.91 Å². The molecule has 1 aromatic carbocycles. The van der Waals surface area contributed by atoms with Crippen LogP contribution in [0.25, 0.3) is 0 Å². The van der Waals surface area contributed by atoms with Crippen molar-refractivity contribution in [2.45, 2.75) is 75.5 Å². The Morgan fingerprint density at radius 1 is 1.20 bits per heavy atom. The summed E-state index contributed by atoms with van der Waals surface area (Å²) in [6, 6.07) is 8.28. The fraction of sp³-hybridized carbons (Fsp3) is 0.667. The molecular formula is C21H29NO3. The maximum absolute atomic E-state index is 12.9. The van der Waals surface area contributed by atoms with Crippen LogP contribution in [-0.4, -0.2) is 24.7 Å². The van der Waals surface area contributed by atoms with E-state index in [1.165, 1.54) is 12.8 Å². The SMILES string of the molecule is CO[C@@H]1CCC[C@H](C(=O)N[C@H]2CC3(CCCC3)Oc3ccccc32)C1. The van der Waals surface area contributed by atoms with Crippen molar-refractivity contribution in [3.05, 3.63) is 29.8 Å². The molecule has 1 amide bonds. The lowest BCUT2D eigenvalue weighted by Gasteiger charge is -2.41. The summed E-state index contributed by atoms with van der Waals surface area (Å²) in [5, 5.41) is 3.37. The Balaban J connectivity index is 1.51. The molecule has 0 saturated heterocycles. The number of carbonyl (C=O) groups is 1. The molecule has 0 bridgehead atoms. The first-order chi connectivity index (χ1) is 12.2. The van der Waals surface area contributed by atoms with Crippen LogP contribution in [0, 0.1) is 5.92 Å². The molecule has 2 aliphatic carbocycles. The minimum absolute atomic E-state index is 0.0680. The van der Waals surface area contributed by atoms with Crippen LogP contribution in [-0.2, 0) is 9.53 Å². The number of carbonyl (C=O) groups excluding carboxylic acids is 1. The Hall–Kier alpha value is -1.55. The van der Waals surface area contributed by atoms with Crippen molar-refractivity contribution in [3.8, 4) is 5.75 Å². The van der Waals surface area contributed by atoms with E-state index in [-0.39, 0.29) is 29.6 Å². The second-order valence-electron chi connectivity index (χ2n) is 8.02. The Kier molecular flexibility index (Phi) is 4.72. The second kappa shape index (κ2) is 6.99.